The van der Waals surface area contributed by atoms with E-state index in [1.165, 1.54) is 0 Å². The lowest BCUT2D eigenvalue weighted by Gasteiger charge is -2.09. The Bertz CT molecular complexity index is 626. The van der Waals surface area contributed by atoms with E-state index in [0.717, 1.165) is 12.0 Å². The molecule has 4 N–H and O–H groups in total. The number of anilines is 1. The second-order valence-electron chi connectivity index (χ2n) is 4.40. The van der Waals surface area contributed by atoms with Gasteiger partial charge < -0.3 is 16.2 Å². The number of pyridine rings is 1. The van der Waals surface area contributed by atoms with Crippen LogP contribution in [0.1, 0.15) is 28.5 Å². The molecule has 0 aliphatic heterocycles. The van der Waals surface area contributed by atoms with E-state index in [9.17, 15) is 9.90 Å². The normalized spacial score (nSPS) is 10.3. The molecule has 20 heavy (non-hydrogen) atoms. The number of carbonyl (C=O) groups excluding carboxylic acids is 1. The smallest absolute Gasteiger partial charge is 0.255 e. The second kappa shape index (κ2) is 6.16. The number of aromatic nitrogens is 1. The summed E-state index contributed by atoms with van der Waals surface area (Å²) in [7, 11) is 0. The maximum atomic E-state index is 12.1. The summed E-state index contributed by atoms with van der Waals surface area (Å²) >= 11 is 0. The quantitative estimate of drug-likeness (QED) is 0.743. The maximum absolute atomic E-state index is 12.1. The van der Waals surface area contributed by atoms with Crippen molar-refractivity contribution >= 4 is 11.6 Å². The zero-order valence-corrected chi connectivity index (χ0v) is 11.3. The van der Waals surface area contributed by atoms with Gasteiger partial charge >= 0.3 is 0 Å². The number of phenolic OH excluding ortho intramolecular Hbond substituents is 1. The predicted octanol–water partition coefficient (Wildman–Crippen LogP) is 2.06. The zero-order chi connectivity index (χ0) is 14.5. The molecule has 5 nitrogen and oxygen atoms in total. The van der Waals surface area contributed by atoms with Crippen LogP contribution in [0.15, 0.2) is 36.5 Å². The van der Waals surface area contributed by atoms with E-state index < -0.39 is 0 Å². The van der Waals surface area contributed by atoms with Crippen LogP contribution in [0.2, 0.25) is 0 Å². The van der Waals surface area contributed by atoms with Gasteiger partial charge in [0.1, 0.15) is 5.75 Å². The minimum atomic E-state index is -0.300. The Morgan fingerprint density at radius 2 is 2.15 bits per heavy atom. The minimum absolute atomic E-state index is 0.0451. The number of aromatic hydroxyl groups is 1. The third-order valence-corrected chi connectivity index (χ3v) is 3.01. The molecule has 0 spiro atoms. The summed E-state index contributed by atoms with van der Waals surface area (Å²) in [6.07, 6.45) is 2.37. The van der Waals surface area contributed by atoms with Crippen LogP contribution in [0.25, 0.3) is 0 Å². The lowest BCUT2D eigenvalue weighted by atomic mass is 10.1. The van der Waals surface area contributed by atoms with Crippen LogP contribution in [0.5, 0.6) is 5.75 Å². The van der Waals surface area contributed by atoms with Crippen LogP contribution in [-0.2, 0) is 13.0 Å². The fourth-order valence-electron chi connectivity index (χ4n) is 1.83. The highest BCUT2D eigenvalue weighted by molar-refractivity contribution is 6.05. The first-order valence-corrected chi connectivity index (χ1v) is 6.42. The van der Waals surface area contributed by atoms with Crippen molar-refractivity contribution in [3.63, 3.8) is 0 Å². The Balaban J connectivity index is 2.22. The van der Waals surface area contributed by atoms with Crippen LogP contribution in [0.4, 0.5) is 5.69 Å². The number of carbonyl (C=O) groups is 1. The molecule has 1 aromatic carbocycles. The SMILES string of the molecule is CCc1ccc(O)c(NC(=O)c2ccnc(CN)c2)c1. The summed E-state index contributed by atoms with van der Waals surface area (Å²) in [5.74, 6) is -0.255. The van der Waals surface area contributed by atoms with Crippen molar-refractivity contribution < 1.29 is 9.90 Å². The molecule has 0 bridgehead atoms. The van der Waals surface area contributed by atoms with Gasteiger partial charge in [0, 0.05) is 18.3 Å². The van der Waals surface area contributed by atoms with Crippen molar-refractivity contribution in [1.29, 1.82) is 0 Å². The molecule has 0 unspecified atom stereocenters. The standard InChI is InChI=1S/C15H17N3O2/c1-2-10-3-4-14(19)13(7-10)18-15(20)11-5-6-17-12(8-11)9-16/h3-8,19H,2,9,16H2,1H3,(H,18,20). The van der Waals surface area contributed by atoms with E-state index in [0.29, 0.717) is 16.9 Å². The second-order valence-corrected chi connectivity index (χ2v) is 4.40. The summed E-state index contributed by atoms with van der Waals surface area (Å²) in [6, 6.07) is 8.40. The number of hydrogen-bond acceptors (Lipinski definition) is 4. The van der Waals surface area contributed by atoms with Gasteiger partial charge in [-0.1, -0.05) is 13.0 Å². The first-order valence-electron chi connectivity index (χ1n) is 6.42. The average molecular weight is 271 g/mol. The fraction of sp³-hybridized carbons (Fsp3) is 0.200. The third kappa shape index (κ3) is 3.13. The van der Waals surface area contributed by atoms with Gasteiger partial charge in [0.25, 0.3) is 5.91 Å². The Hall–Kier alpha value is -2.40. The lowest BCUT2D eigenvalue weighted by Crippen LogP contribution is -2.13. The van der Waals surface area contributed by atoms with Crippen LogP contribution in [-0.4, -0.2) is 16.0 Å². The monoisotopic (exact) mass is 271 g/mol. The Labute approximate surface area is 117 Å². The summed E-state index contributed by atoms with van der Waals surface area (Å²) in [5, 5.41) is 12.5. The van der Waals surface area contributed by atoms with Crippen molar-refractivity contribution in [3.05, 3.63) is 53.3 Å². The first-order chi connectivity index (χ1) is 9.63. The number of phenols is 1. The van der Waals surface area contributed by atoms with E-state index in [1.807, 2.05) is 13.0 Å². The van der Waals surface area contributed by atoms with Crippen molar-refractivity contribution in [2.75, 3.05) is 5.32 Å². The first kappa shape index (κ1) is 14.0. The molecule has 0 atom stereocenters. The van der Waals surface area contributed by atoms with Crippen LogP contribution < -0.4 is 11.1 Å². The molecule has 0 radical (unpaired) electrons. The molecule has 2 rings (SSSR count). The van der Waals surface area contributed by atoms with E-state index >= 15 is 0 Å². The predicted molar refractivity (Wildman–Crippen MR) is 77.6 cm³/mol. The van der Waals surface area contributed by atoms with Crippen LogP contribution >= 0.6 is 0 Å². The highest BCUT2D eigenvalue weighted by Gasteiger charge is 2.10. The molecular weight excluding hydrogens is 254 g/mol. The number of hydrogen-bond donors (Lipinski definition) is 3. The molecule has 1 amide bonds. The van der Waals surface area contributed by atoms with Gasteiger partial charge in [-0.05, 0) is 36.2 Å². The number of rotatable bonds is 4. The Morgan fingerprint density at radius 3 is 2.85 bits per heavy atom. The van der Waals surface area contributed by atoms with E-state index in [2.05, 4.69) is 10.3 Å². The largest absolute Gasteiger partial charge is 0.506 e. The molecule has 5 heteroatoms. The topological polar surface area (TPSA) is 88.2 Å². The van der Waals surface area contributed by atoms with Crippen molar-refractivity contribution in [1.82, 2.24) is 4.98 Å². The molecule has 0 aliphatic carbocycles. The number of benzene rings is 1. The molecule has 1 aromatic heterocycles. The van der Waals surface area contributed by atoms with E-state index in [1.54, 1.807) is 30.5 Å². The van der Waals surface area contributed by atoms with Gasteiger partial charge in [-0.15, -0.1) is 0 Å². The summed E-state index contributed by atoms with van der Waals surface area (Å²) in [5.41, 5.74) is 8.04. The van der Waals surface area contributed by atoms with Crippen molar-refractivity contribution in [2.45, 2.75) is 19.9 Å². The number of nitrogens with one attached hydrogen (secondary N) is 1. The van der Waals surface area contributed by atoms with Gasteiger partial charge in [0.2, 0.25) is 0 Å². The van der Waals surface area contributed by atoms with Gasteiger partial charge in [0.15, 0.2) is 0 Å². The lowest BCUT2D eigenvalue weighted by molar-refractivity contribution is 0.102. The maximum Gasteiger partial charge on any atom is 0.255 e. The fourth-order valence-corrected chi connectivity index (χ4v) is 1.83. The molecule has 2 aromatic rings. The molecule has 0 aliphatic rings. The molecule has 0 saturated carbocycles. The van der Waals surface area contributed by atoms with Crippen molar-refractivity contribution in [3.8, 4) is 5.75 Å². The Kier molecular flexibility index (Phi) is 4.32. The molecule has 0 fully saturated rings. The number of aryl methyl sites for hydroxylation is 1. The summed E-state index contributed by atoms with van der Waals surface area (Å²) in [4.78, 5) is 16.2. The van der Waals surface area contributed by atoms with Crippen LogP contribution in [0.3, 0.4) is 0 Å². The molecule has 104 valence electrons. The highest BCUT2D eigenvalue weighted by Crippen LogP contribution is 2.25. The molecule has 0 saturated heterocycles. The molecular formula is C15H17N3O2. The number of amides is 1. The highest BCUT2D eigenvalue weighted by atomic mass is 16.3. The average Bonchev–Trinajstić information content (AvgIpc) is 2.49. The Morgan fingerprint density at radius 1 is 1.35 bits per heavy atom. The minimum Gasteiger partial charge on any atom is -0.506 e. The number of nitrogens with zero attached hydrogens (tertiary/aromatic N) is 1. The number of nitrogens with two attached hydrogens (primary N) is 1. The van der Waals surface area contributed by atoms with Gasteiger partial charge in [0.05, 0.1) is 11.4 Å². The van der Waals surface area contributed by atoms with Gasteiger partial charge in [-0.2, -0.15) is 0 Å². The zero-order valence-electron chi connectivity index (χ0n) is 11.3. The van der Waals surface area contributed by atoms with E-state index in [4.69, 9.17) is 5.73 Å². The summed E-state index contributed by atoms with van der Waals surface area (Å²) < 4.78 is 0. The van der Waals surface area contributed by atoms with Crippen molar-refractivity contribution in [2.24, 2.45) is 5.73 Å². The van der Waals surface area contributed by atoms with Gasteiger partial charge in [-0.25, -0.2) is 0 Å². The van der Waals surface area contributed by atoms with E-state index in [-0.39, 0.29) is 18.2 Å². The third-order valence-electron chi connectivity index (χ3n) is 3.01. The van der Waals surface area contributed by atoms with Gasteiger partial charge in [-0.3, -0.25) is 9.78 Å². The summed E-state index contributed by atoms with van der Waals surface area (Å²) in [6.45, 7) is 2.28. The molecule has 1 heterocycles. The van der Waals surface area contributed by atoms with Crippen LogP contribution in [0, 0.1) is 0 Å².